The van der Waals surface area contributed by atoms with E-state index >= 15 is 0 Å². The molecule has 0 aromatic rings. The van der Waals surface area contributed by atoms with Crippen molar-refractivity contribution in [2.75, 3.05) is 6.54 Å². The van der Waals surface area contributed by atoms with E-state index in [1.165, 1.54) is 25.7 Å². The van der Waals surface area contributed by atoms with Gasteiger partial charge in [0.05, 0.1) is 5.54 Å². The zero-order valence-corrected chi connectivity index (χ0v) is 11.6. The molecule has 0 saturated heterocycles. The fourth-order valence-corrected chi connectivity index (χ4v) is 2.67. The van der Waals surface area contributed by atoms with Crippen molar-refractivity contribution in [2.45, 2.75) is 64.8 Å². The highest BCUT2D eigenvalue weighted by molar-refractivity contribution is 5.85. The molecule has 1 rings (SSSR count). The maximum atomic E-state index is 12.0. The molecule has 1 aliphatic rings. The van der Waals surface area contributed by atoms with Crippen LogP contribution in [0.25, 0.3) is 0 Å². The van der Waals surface area contributed by atoms with E-state index < -0.39 is 5.54 Å². The molecule has 1 fully saturated rings. The van der Waals surface area contributed by atoms with Gasteiger partial charge in [0.25, 0.3) is 0 Å². The first-order valence-electron chi connectivity index (χ1n) is 7.10. The lowest BCUT2D eigenvalue weighted by Crippen LogP contribution is -2.54. The predicted molar refractivity (Wildman–Crippen MR) is 71.6 cm³/mol. The summed E-state index contributed by atoms with van der Waals surface area (Å²) in [5.74, 6) is 1.41. The number of rotatable bonds is 5. The Bertz CT molecular complexity index is 249. The van der Waals surface area contributed by atoms with E-state index in [2.05, 4.69) is 12.2 Å². The molecule has 0 bridgehead atoms. The van der Waals surface area contributed by atoms with Gasteiger partial charge in [0.1, 0.15) is 0 Å². The molecule has 0 heterocycles. The van der Waals surface area contributed by atoms with Crippen molar-refractivity contribution in [2.24, 2.45) is 17.6 Å². The van der Waals surface area contributed by atoms with Crippen LogP contribution in [-0.4, -0.2) is 18.0 Å². The summed E-state index contributed by atoms with van der Waals surface area (Å²) in [6.07, 6.45) is 6.61. The maximum absolute atomic E-state index is 12.0. The topological polar surface area (TPSA) is 55.1 Å². The van der Waals surface area contributed by atoms with Crippen molar-refractivity contribution >= 4 is 5.91 Å². The van der Waals surface area contributed by atoms with Crippen LogP contribution in [0.3, 0.4) is 0 Å². The normalized spacial score (nSPS) is 25.6. The van der Waals surface area contributed by atoms with Crippen LogP contribution in [0.4, 0.5) is 0 Å². The summed E-state index contributed by atoms with van der Waals surface area (Å²) in [6, 6.07) is 0. The minimum Gasteiger partial charge on any atom is -0.354 e. The van der Waals surface area contributed by atoms with Gasteiger partial charge in [-0.05, 0) is 31.1 Å². The van der Waals surface area contributed by atoms with Gasteiger partial charge in [-0.3, -0.25) is 4.79 Å². The average molecular weight is 240 g/mol. The van der Waals surface area contributed by atoms with E-state index in [1.807, 2.05) is 13.8 Å². The van der Waals surface area contributed by atoms with Crippen molar-refractivity contribution in [3.8, 4) is 0 Å². The number of carbonyl (C=O) groups excluding carboxylic acids is 1. The third-order valence-electron chi connectivity index (χ3n) is 4.53. The second-order valence-corrected chi connectivity index (χ2v) is 5.60. The monoisotopic (exact) mass is 240 g/mol. The fraction of sp³-hybridized carbons (Fsp3) is 0.929. The van der Waals surface area contributed by atoms with Gasteiger partial charge in [-0.15, -0.1) is 0 Å². The second-order valence-electron chi connectivity index (χ2n) is 5.60. The molecule has 0 aromatic heterocycles. The third-order valence-corrected chi connectivity index (χ3v) is 4.53. The van der Waals surface area contributed by atoms with Crippen LogP contribution in [0.15, 0.2) is 0 Å². The average Bonchev–Trinajstić information content (AvgIpc) is 2.36. The molecule has 2 atom stereocenters. The van der Waals surface area contributed by atoms with Crippen LogP contribution >= 0.6 is 0 Å². The Morgan fingerprint density at radius 2 is 1.88 bits per heavy atom. The van der Waals surface area contributed by atoms with Gasteiger partial charge in [0, 0.05) is 6.54 Å². The molecular formula is C14H28N2O. The van der Waals surface area contributed by atoms with Crippen molar-refractivity contribution in [3.63, 3.8) is 0 Å². The summed E-state index contributed by atoms with van der Waals surface area (Å²) in [5.41, 5.74) is 5.41. The molecule has 2 unspecified atom stereocenters. The number of hydrogen-bond acceptors (Lipinski definition) is 2. The molecule has 3 nitrogen and oxygen atoms in total. The van der Waals surface area contributed by atoms with E-state index in [0.29, 0.717) is 18.8 Å². The van der Waals surface area contributed by atoms with Crippen molar-refractivity contribution < 1.29 is 4.79 Å². The zero-order valence-electron chi connectivity index (χ0n) is 11.6. The minimum atomic E-state index is -0.669. The quantitative estimate of drug-likeness (QED) is 0.775. The predicted octanol–water partition coefficient (Wildman–Crippen LogP) is 2.45. The van der Waals surface area contributed by atoms with Crippen LogP contribution < -0.4 is 11.1 Å². The molecule has 0 aliphatic heterocycles. The highest BCUT2D eigenvalue weighted by Crippen LogP contribution is 2.29. The Kier molecular flexibility index (Phi) is 5.44. The lowest BCUT2D eigenvalue weighted by atomic mass is 9.80. The lowest BCUT2D eigenvalue weighted by Gasteiger charge is -2.31. The standard InChI is InChI=1S/C14H28N2O/c1-4-14(15,5-2)13(17)16-10-12-9-7-6-8-11(12)3/h11-12H,4-10,15H2,1-3H3,(H,16,17). The SMILES string of the molecule is CCC(N)(CC)C(=O)NCC1CCCCC1C. The Hall–Kier alpha value is -0.570. The van der Waals surface area contributed by atoms with Gasteiger partial charge >= 0.3 is 0 Å². The Morgan fingerprint density at radius 3 is 2.41 bits per heavy atom. The minimum absolute atomic E-state index is 0.0280. The first kappa shape index (κ1) is 14.5. The summed E-state index contributed by atoms with van der Waals surface area (Å²) in [4.78, 5) is 12.0. The first-order valence-corrected chi connectivity index (χ1v) is 7.10. The molecule has 0 aromatic carbocycles. The largest absolute Gasteiger partial charge is 0.354 e. The van der Waals surface area contributed by atoms with E-state index in [1.54, 1.807) is 0 Å². The Morgan fingerprint density at radius 1 is 1.29 bits per heavy atom. The molecule has 1 amide bonds. The number of carbonyl (C=O) groups is 1. The highest BCUT2D eigenvalue weighted by atomic mass is 16.2. The molecule has 0 spiro atoms. The van der Waals surface area contributed by atoms with Crippen molar-refractivity contribution in [1.29, 1.82) is 0 Å². The van der Waals surface area contributed by atoms with Gasteiger partial charge in [-0.1, -0.05) is 40.0 Å². The molecular weight excluding hydrogens is 212 g/mol. The lowest BCUT2D eigenvalue weighted by molar-refractivity contribution is -0.126. The molecule has 100 valence electrons. The second kappa shape index (κ2) is 6.39. The fourth-order valence-electron chi connectivity index (χ4n) is 2.67. The van der Waals surface area contributed by atoms with Gasteiger partial charge in [-0.2, -0.15) is 0 Å². The first-order chi connectivity index (χ1) is 8.03. The van der Waals surface area contributed by atoms with Gasteiger partial charge < -0.3 is 11.1 Å². The third kappa shape index (κ3) is 3.70. The van der Waals surface area contributed by atoms with Crippen LogP contribution in [0.2, 0.25) is 0 Å². The summed E-state index contributed by atoms with van der Waals surface area (Å²) < 4.78 is 0. The highest BCUT2D eigenvalue weighted by Gasteiger charge is 2.30. The number of nitrogens with two attached hydrogens (primary N) is 1. The van der Waals surface area contributed by atoms with Crippen LogP contribution in [-0.2, 0) is 4.79 Å². The number of nitrogens with one attached hydrogen (secondary N) is 1. The number of hydrogen-bond donors (Lipinski definition) is 2. The van der Waals surface area contributed by atoms with E-state index in [-0.39, 0.29) is 5.91 Å². The van der Waals surface area contributed by atoms with Crippen LogP contribution in [0.5, 0.6) is 0 Å². The molecule has 3 N–H and O–H groups in total. The number of amides is 1. The Balaban J connectivity index is 2.41. The molecule has 0 radical (unpaired) electrons. The summed E-state index contributed by atoms with van der Waals surface area (Å²) >= 11 is 0. The zero-order chi connectivity index (χ0) is 12.9. The summed E-state index contributed by atoms with van der Waals surface area (Å²) in [7, 11) is 0. The van der Waals surface area contributed by atoms with E-state index in [9.17, 15) is 4.79 Å². The molecule has 1 aliphatic carbocycles. The van der Waals surface area contributed by atoms with Gasteiger partial charge in [0.2, 0.25) is 5.91 Å². The van der Waals surface area contributed by atoms with Crippen LogP contribution in [0, 0.1) is 11.8 Å². The van der Waals surface area contributed by atoms with Crippen molar-refractivity contribution in [3.05, 3.63) is 0 Å². The Labute approximate surface area is 106 Å². The van der Waals surface area contributed by atoms with E-state index in [0.717, 1.165) is 12.5 Å². The molecule has 3 heteroatoms. The smallest absolute Gasteiger partial charge is 0.240 e. The van der Waals surface area contributed by atoms with Crippen molar-refractivity contribution in [1.82, 2.24) is 5.32 Å². The van der Waals surface area contributed by atoms with E-state index in [4.69, 9.17) is 5.73 Å². The van der Waals surface area contributed by atoms with Gasteiger partial charge in [-0.25, -0.2) is 0 Å². The summed E-state index contributed by atoms with van der Waals surface area (Å²) in [5, 5.41) is 3.06. The van der Waals surface area contributed by atoms with Crippen LogP contribution in [0.1, 0.15) is 59.3 Å². The summed E-state index contributed by atoms with van der Waals surface area (Å²) in [6.45, 7) is 7.06. The van der Waals surface area contributed by atoms with Gasteiger partial charge in [0.15, 0.2) is 0 Å². The molecule has 17 heavy (non-hydrogen) atoms. The maximum Gasteiger partial charge on any atom is 0.240 e. The molecule has 1 saturated carbocycles.